The fourth-order valence-corrected chi connectivity index (χ4v) is 1.98. The molecule has 0 aromatic carbocycles. The average molecular weight is 242 g/mol. The molecule has 0 aliphatic heterocycles. The van der Waals surface area contributed by atoms with Crippen LogP contribution in [0.25, 0.3) is 0 Å². The molecule has 0 heterocycles. The van der Waals surface area contributed by atoms with Crippen LogP contribution in [-0.2, 0) is 4.79 Å². The second-order valence-electron chi connectivity index (χ2n) is 5.52. The third-order valence-corrected chi connectivity index (χ3v) is 3.57. The van der Waals surface area contributed by atoms with Crippen molar-refractivity contribution in [3.63, 3.8) is 0 Å². The predicted molar refractivity (Wildman–Crippen MR) is 68.9 cm³/mol. The minimum atomic E-state index is -1.06. The van der Waals surface area contributed by atoms with Crippen molar-refractivity contribution in [1.29, 1.82) is 0 Å². The molecule has 1 saturated carbocycles. The Bertz CT molecular complexity index is 250. The maximum absolute atomic E-state index is 10.8. The van der Waals surface area contributed by atoms with Gasteiger partial charge in [-0.2, -0.15) is 0 Å². The van der Waals surface area contributed by atoms with Gasteiger partial charge < -0.3 is 15.7 Å². The van der Waals surface area contributed by atoms with E-state index < -0.39 is 11.5 Å². The summed E-state index contributed by atoms with van der Waals surface area (Å²) in [4.78, 5) is 13.3. The van der Waals surface area contributed by atoms with Crippen molar-refractivity contribution in [2.75, 3.05) is 19.6 Å². The van der Waals surface area contributed by atoms with Gasteiger partial charge in [0.25, 0.3) is 0 Å². The highest BCUT2D eigenvalue weighted by Crippen LogP contribution is 2.29. The SMILES string of the molecule is CCN(CCCCC(C)(N)C(=O)O)CC1CC1. The molecule has 0 saturated heterocycles. The zero-order valence-electron chi connectivity index (χ0n) is 11.1. The van der Waals surface area contributed by atoms with E-state index in [9.17, 15) is 4.79 Å². The second-order valence-corrected chi connectivity index (χ2v) is 5.52. The fraction of sp³-hybridized carbons (Fsp3) is 0.923. The van der Waals surface area contributed by atoms with Gasteiger partial charge in [0.2, 0.25) is 0 Å². The summed E-state index contributed by atoms with van der Waals surface area (Å²) in [6.07, 6.45) is 5.26. The molecule has 1 fully saturated rings. The van der Waals surface area contributed by atoms with Crippen LogP contribution in [0.15, 0.2) is 0 Å². The Kier molecular flexibility index (Phi) is 5.40. The molecule has 0 bridgehead atoms. The summed E-state index contributed by atoms with van der Waals surface area (Å²) in [7, 11) is 0. The first-order valence-electron chi connectivity index (χ1n) is 6.70. The first-order chi connectivity index (χ1) is 7.95. The maximum atomic E-state index is 10.8. The molecule has 0 aromatic rings. The van der Waals surface area contributed by atoms with Gasteiger partial charge in [0.1, 0.15) is 5.54 Å². The minimum Gasteiger partial charge on any atom is -0.480 e. The smallest absolute Gasteiger partial charge is 0.323 e. The molecule has 3 N–H and O–H groups in total. The molecule has 1 atom stereocenters. The molecule has 17 heavy (non-hydrogen) atoms. The highest BCUT2D eigenvalue weighted by atomic mass is 16.4. The van der Waals surface area contributed by atoms with Crippen LogP contribution in [0.3, 0.4) is 0 Å². The van der Waals surface area contributed by atoms with Crippen molar-refractivity contribution >= 4 is 5.97 Å². The van der Waals surface area contributed by atoms with Crippen molar-refractivity contribution in [3.05, 3.63) is 0 Å². The normalized spacial score (nSPS) is 19.3. The van der Waals surface area contributed by atoms with Gasteiger partial charge in [-0.1, -0.05) is 6.92 Å². The summed E-state index contributed by atoms with van der Waals surface area (Å²) in [6.45, 7) is 7.16. The molecule has 4 heteroatoms. The van der Waals surface area contributed by atoms with Crippen molar-refractivity contribution in [3.8, 4) is 0 Å². The molecule has 1 aliphatic rings. The lowest BCUT2D eigenvalue weighted by Crippen LogP contribution is -2.44. The number of aliphatic carboxylic acids is 1. The van der Waals surface area contributed by atoms with Gasteiger partial charge in [0.15, 0.2) is 0 Å². The first-order valence-corrected chi connectivity index (χ1v) is 6.70. The summed E-state index contributed by atoms with van der Waals surface area (Å²) in [6, 6.07) is 0. The number of hydrogen-bond donors (Lipinski definition) is 2. The number of nitrogens with two attached hydrogens (primary N) is 1. The lowest BCUT2D eigenvalue weighted by molar-refractivity contribution is -0.142. The summed E-state index contributed by atoms with van der Waals surface area (Å²) in [5.41, 5.74) is 4.62. The van der Waals surface area contributed by atoms with E-state index >= 15 is 0 Å². The Morgan fingerprint density at radius 2 is 2.12 bits per heavy atom. The Morgan fingerprint density at radius 1 is 1.47 bits per heavy atom. The number of carboxylic acid groups (broad SMARTS) is 1. The van der Waals surface area contributed by atoms with E-state index in [0.29, 0.717) is 6.42 Å². The average Bonchev–Trinajstić information content (AvgIpc) is 3.06. The van der Waals surface area contributed by atoms with Gasteiger partial charge in [0, 0.05) is 6.54 Å². The monoisotopic (exact) mass is 242 g/mol. The fourth-order valence-electron chi connectivity index (χ4n) is 1.98. The molecule has 1 rings (SSSR count). The quantitative estimate of drug-likeness (QED) is 0.604. The van der Waals surface area contributed by atoms with E-state index in [-0.39, 0.29) is 0 Å². The number of nitrogens with zero attached hydrogens (tertiary/aromatic N) is 1. The summed E-state index contributed by atoms with van der Waals surface area (Å²) < 4.78 is 0. The first kappa shape index (κ1) is 14.5. The van der Waals surface area contributed by atoms with Crippen LogP contribution in [0.2, 0.25) is 0 Å². The van der Waals surface area contributed by atoms with Crippen molar-refractivity contribution in [2.24, 2.45) is 11.7 Å². The lowest BCUT2D eigenvalue weighted by Gasteiger charge is -2.22. The van der Waals surface area contributed by atoms with E-state index in [1.807, 2.05) is 0 Å². The molecule has 1 aliphatic carbocycles. The molecule has 0 aromatic heterocycles. The molecular formula is C13H26N2O2. The molecule has 0 radical (unpaired) electrons. The molecule has 0 spiro atoms. The Morgan fingerprint density at radius 3 is 2.59 bits per heavy atom. The number of unbranched alkanes of at least 4 members (excludes halogenated alkanes) is 1. The van der Waals surface area contributed by atoms with Crippen LogP contribution in [0, 0.1) is 5.92 Å². The van der Waals surface area contributed by atoms with Crippen molar-refractivity contribution in [1.82, 2.24) is 4.90 Å². The summed E-state index contributed by atoms with van der Waals surface area (Å²) >= 11 is 0. The van der Waals surface area contributed by atoms with Crippen LogP contribution in [0.1, 0.15) is 46.0 Å². The van der Waals surface area contributed by atoms with Crippen LogP contribution >= 0.6 is 0 Å². The number of carboxylic acids is 1. The molecule has 4 nitrogen and oxygen atoms in total. The maximum Gasteiger partial charge on any atom is 0.323 e. The zero-order chi connectivity index (χ0) is 12.9. The Hall–Kier alpha value is -0.610. The van der Waals surface area contributed by atoms with Crippen molar-refractivity contribution in [2.45, 2.75) is 51.5 Å². The molecule has 1 unspecified atom stereocenters. The third kappa shape index (κ3) is 5.50. The van der Waals surface area contributed by atoms with E-state index in [0.717, 1.165) is 31.8 Å². The zero-order valence-corrected chi connectivity index (χ0v) is 11.1. The highest BCUT2D eigenvalue weighted by molar-refractivity contribution is 5.77. The van der Waals surface area contributed by atoms with E-state index in [4.69, 9.17) is 10.8 Å². The summed E-state index contributed by atoms with van der Waals surface area (Å²) in [5, 5.41) is 8.89. The standard InChI is InChI=1S/C13H26N2O2/c1-3-15(10-11-6-7-11)9-5-4-8-13(2,14)12(16)17/h11H,3-10,14H2,1-2H3,(H,16,17). The van der Waals surface area contributed by atoms with Crippen LogP contribution in [-0.4, -0.2) is 41.1 Å². The van der Waals surface area contributed by atoms with Gasteiger partial charge >= 0.3 is 5.97 Å². The van der Waals surface area contributed by atoms with Crippen molar-refractivity contribution < 1.29 is 9.90 Å². The molecule has 0 amide bonds. The predicted octanol–water partition coefficient (Wildman–Crippen LogP) is 1.69. The number of rotatable bonds is 9. The summed E-state index contributed by atoms with van der Waals surface area (Å²) in [5.74, 6) is 0.0246. The Balaban J connectivity index is 2.11. The third-order valence-electron chi connectivity index (χ3n) is 3.57. The second kappa shape index (κ2) is 6.36. The lowest BCUT2D eigenvalue weighted by atomic mass is 9.96. The van der Waals surface area contributed by atoms with Crippen LogP contribution in [0.4, 0.5) is 0 Å². The van der Waals surface area contributed by atoms with E-state index in [1.54, 1.807) is 6.92 Å². The molecule has 100 valence electrons. The van der Waals surface area contributed by atoms with E-state index in [1.165, 1.54) is 19.4 Å². The Labute approximate surface area is 104 Å². The van der Waals surface area contributed by atoms with Gasteiger partial charge in [0.05, 0.1) is 0 Å². The van der Waals surface area contributed by atoms with Gasteiger partial charge in [-0.3, -0.25) is 4.79 Å². The van der Waals surface area contributed by atoms with Gasteiger partial charge in [-0.25, -0.2) is 0 Å². The molecular weight excluding hydrogens is 216 g/mol. The van der Waals surface area contributed by atoms with Crippen LogP contribution < -0.4 is 5.73 Å². The van der Waals surface area contributed by atoms with Gasteiger partial charge in [-0.05, 0) is 58.0 Å². The number of hydrogen-bond acceptors (Lipinski definition) is 3. The van der Waals surface area contributed by atoms with Crippen LogP contribution in [0.5, 0.6) is 0 Å². The highest BCUT2D eigenvalue weighted by Gasteiger charge is 2.27. The van der Waals surface area contributed by atoms with Gasteiger partial charge in [-0.15, -0.1) is 0 Å². The minimum absolute atomic E-state index is 0.559. The number of carbonyl (C=O) groups is 1. The largest absolute Gasteiger partial charge is 0.480 e. The topological polar surface area (TPSA) is 66.6 Å². The van der Waals surface area contributed by atoms with E-state index in [2.05, 4.69) is 11.8 Å².